The summed E-state index contributed by atoms with van der Waals surface area (Å²) in [5.74, 6) is 1.50. The molecule has 8 nitrogen and oxygen atoms in total. The SMILES string of the molecule is COc1cc(OC)nc(N2CCC3(CC2)CNC(=O)O3)n1. The van der Waals surface area contributed by atoms with E-state index >= 15 is 0 Å². The Labute approximate surface area is 122 Å². The van der Waals surface area contributed by atoms with E-state index in [4.69, 9.17) is 14.2 Å². The number of carbonyl (C=O) groups is 1. The molecule has 1 N–H and O–H groups in total. The Morgan fingerprint density at radius 3 is 2.33 bits per heavy atom. The van der Waals surface area contributed by atoms with Crippen LogP contribution < -0.4 is 19.7 Å². The summed E-state index contributed by atoms with van der Waals surface area (Å²) in [7, 11) is 3.11. The summed E-state index contributed by atoms with van der Waals surface area (Å²) in [6, 6.07) is 1.64. The first-order valence-electron chi connectivity index (χ1n) is 6.83. The van der Waals surface area contributed by atoms with Crippen LogP contribution in [0.5, 0.6) is 11.8 Å². The van der Waals surface area contributed by atoms with Crippen molar-refractivity contribution in [2.75, 3.05) is 38.8 Å². The molecule has 0 saturated carbocycles. The van der Waals surface area contributed by atoms with Crippen molar-refractivity contribution in [3.63, 3.8) is 0 Å². The number of hydrogen-bond donors (Lipinski definition) is 1. The van der Waals surface area contributed by atoms with Gasteiger partial charge in [-0.2, -0.15) is 9.97 Å². The number of nitrogens with one attached hydrogen (secondary N) is 1. The van der Waals surface area contributed by atoms with Crippen molar-refractivity contribution in [2.45, 2.75) is 18.4 Å². The van der Waals surface area contributed by atoms with Crippen LogP contribution >= 0.6 is 0 Å². The lowest BCUT2D eigenvalue weighted by atomic mass is 9.92. The van der Waals surface area contributed by atoms with Gasteiger partial charge in [-0.1, -0.05) is 0 Å². The Kier molecular flexibility index (Phi) is 3.44. The molecule has 1 aromatic heterocycles. The fourth-order valence-corrected chi connectivity index (χ4v) is 2.64. The van der Waals surface area contributed by atoms with Gasteiger partial charge in [0.05, 0.1) is 26.8 Å². The quantitative estimate of drug-likeness (QED) is 0.872. The second-order valence-electron chi connectivity index (χ2n) is 5.17. The van der Waals surface area contributed by atoms with E-state index in [1.165, 1.54) is 0 Å². The zero-order valence-corrected chi connectivity index (χ0v) is 12.1. The topological polar surface area (TPSA) is 85.8 Å². The second-order valence-corrected chi connectivity index (χ2v) is 5.17. The fraction of sp³-hybridized carbons (Fsp3) is 0.615. The largest absolute Gasteiger partial charge is 0.481 e. The third kappa shape index (κ3) is 2.65. The predicted octanol–water partition coefficient (Wildman–Crippen LogP) is 0.573. The minimum atomic E-state index is -0.378. The molecule has 114 valence electrons. The van der Waals surface area contributed by atoms with E-state index in [1.54, 1.807) is 20.3 Å². The third-order valence-corrected chi connectivity index (χ3v) is 3.91. The molecule has 1 spiro atoms. The summed E-state index contributed by atoms with van der Waals surface area (Å²) >= 11 is 0. The lowest BCUT2D eigenvalue weighted by Crippen LogP contribution is -2.47. The molecule has 0 radical (unpaired) electrons. The second kappa shape index (κ2) is 5.27. The number of amides is 1. The van der Waals surface area contributed by atoms with E-state index in [1.807, 2.05) is 4.90 Å². The number of carbonyl (C=O) groups excluding carboxylic acids is 1. The number of rotatable bonds is 3. The van der Waals surface area contributed by atoms with Gasteiger partial charge in [0.25, 0.3) is 0 Å². The first-order valence-corrected chi connectivity index (χ1v) is 6.83. The van der Waals surface area contributed by atoms with Crippen molar-refractivity contribution in [3.8, 4) is 11.8 Å². The summed E-state index contributed by atoms with van der Waals surface area (Å²) in [6.45, 7) is 2.00. The molecular weight excluding hydrogens is 276 g/mol. The van der Waals surface area contributed by atoms with Crippen LogP contribution in [0.15, 0.2) is 6.07 Å². The van der Waals surface area contributed by atoms with E-state index in [2.05, 4.69) is 15.3 Å². The molecule has 0 unspecified atom stereocenters. The summed E-state index contributed by atoms with van der Waals surface area (Å²) in [5.41, 5.74) is -0.378. The smallest absolute Gasteiger partial charge is 0.407 e. The number of aromatic nitrogens is 2. The maximum atomic E-state index is 11.2. The molecule has 3 rings (SSSR count). The van der Waals surface area contributed by atoms with E-state index in [-0.39, 0.29) is 11.7 Å². The van der Waals surface area contributed by atoms with Crippen LogP contribution in [0.1, 0.15) is 12.8 Å². The molecule has 0 aromatic carbocycles. The average Bonchev–Trinajstić information content (AvgIpc) is 2.88. The molecule has 21 heavy (non-hydrogen) atoms. The predicted molar refractivity (Wildman–Crippen MR) is 73.8 cm³/mol. The Morgan fingerprint density at radius 1 is 1.24 bits per heavy atom. The van der Waals surface area contributed by atoms with Crippen LogP contribution in [0, 0.1) is 0 Å². The molecule has 1 aromatic rings. The minimum Gasteiger partial charge on any atom is -0.481 e. The number of alkyl carbamates (subject to hydrolysis) is 1. The van der Waals surface area contributed by atoms with Crippen molar-refractivity contribution in [3.05, 3.63) is 6.07 Å². The number of ether oxygens (including phenoxy) is 3. The maximum absolute atomic E-state index is 11.2. The van der Waals surface area contributed by atoms with Gasteiger partial charge < -0.3 is 24.4 Å². The van der Waals surface area contributed by atoms with E-state index < -0.39 is 0 Å². The average molecular weight is 294 g/mol. The Morgan fingerprint density at radius 2 is 1.86 bits per heavy atom. The zero-order valence-electron chi connectivity index (χ0n) is 12.1. The van der Waals surface area contributed by atoms with E-state index in [0.29, 0.717) is 37.3 Å². The summed E-state index contributed by atoms with van der Waals surface area (Å²) in [5, 5.41) is 2.72. The number of hydrogen-bond acceptors (Lipinski definition) is 7. The summed E-state index contributed by atoms with van der Waals surface area (Å²) < 4.78 is 15.7. The van der Waals surface area contributed by atoms with Crippen LogP contribution in [-0.4, -0.2) is 55.5 Å². The third-order valence-electron chi connectivity index (χ3n) is 3.91. The molecule has 3 heterocycles. The van der Waals surface area contributed by atoms with Crippen molar-refractivity contribution >= 4 is 12.0 Å². The van der Waals surface area contributed by atoms with Gasteiger partial charge >= 0.3 is 6.09 Å². The van der Waals surface area contributed by atoms with Crippen molar-refractivity contribution in [2.24, 2.45) is 0 Å². The Balaban J connectivity index is 1.73. The molecule has 1 amide bonds. The molecule has 0 atom stereocenters. The van der Waals surface area contributed by atoms with E-state index in [0.717, 1.165) is 12.8 Å². The fourth-order valence-electron chi connectivity index (χ4n) is 2.64. The number of nitrogens with zero attached hydrogens (tertiary/aromatic N) is 3. The van der Waals surface area contributed by atoms with Gasteiger partial charge in [-0.3, -0.25) is 0 Å². The van der Waals surface area contributed by atoms with Gasteiger partial charge in [-0.15, -0.1) is 0 Å². The van der Waals surface area contributed by atoms with E-state index in [9.17, 15) is 4.79 Å². The van der Waals surface area contributed by atoms with Crippen molar-refractivity contribution < 1.29 is 19.0 Å². The Hall–Kier alpha value is -2.25. The maximum Gasteiger partial charge on any atom is 0.407 e. The number of methoxy groups -OCH3 is 2. The highest BCUT2D eigenvalue weighted by Crippen LogP contribution is 2.31. The molecular formula is C13H18N4O4. The highest BCUT2D eigenvalue weighted by atomic mass is 16.6. The highest BCUT2D eigenvalue weighted by molar-refractivity contribution is 5.70. The number of anilines is 1. The standard InChI is InChI=1S/C13H18N4O4/c1-19-9-7-10(20-2)16-11(15-9)17-5-3-13(4-6-17)8-14-12(18)21-13/h7H,3-6,8H2,1-2H3,(H,14,18). The van der Waals surface area contributed by atoms with Crippen LogP contribution in [0.3, 0.4) is 0 Å². The lowest BCUT2D eigenvalue weighted by Gasteiger charge is -2.37. The lowest BCUT2D eigenvalue weighted by molar-refractivity contribution is 0.0364. The normalized spacial score (nSPS) is 20.1. The van der Waals surface area contributed by atoms with Gasteiger partial charge in [0.2, 0.25) is 17.7 Å². The minimum absolute atomic E-state index is 0.331. The molecule has 8 heteroatoms. The zero-order chi connectivity index (χ0) is 14.9. The summed E-state index contributed by atoms with van der Waals surface area (Å²) in [4.78, 5) is 22.0. The molecule has 2 fully saturated rings. The van der Waals surface area contributed by atoms with Gasteiger partial charge in [0.15, 0.2) is 0 Å². The molecule has 2 aliphatic rings. The van der Waals surface area contributed by atoms with Gasteiger partial charge in [0, 0.05) is 25.9 Å². The van der Waals surface area contributed by atoms with Gasteiger partial charge in [-0.25, -0.2) is 4.79 Å². The number of piperidine rings is 1. The summed E-state index contributed by atoms with van der Waals surface area (Å²) in [6.07, 6.45) is 1.16. The molecule has 0 aliphatic carbocycles. The van der Waals surface area contributed by atoms with Crippen LogP contribution in [0.2, 0.25) is 0 Å². The van der Waals surface area contributed by atoms with Gasteiger partial charge in [0.1, 0.15) is 5.60 Å². The first-order chi connectivity index (χ1) is 10.1. The van der Waals surface area contributed by atoms with Crippen molar-refractivity contribution in [1.82, 2.24) is 15.3 Å². The molecule has 2 saturated heterocycles. The first kappa shape index (κ1) is 13.7. The highest BCUT2D eigenvalue weighted by Gasteiger charge is 2.43. The van der Waals surface area contributed by atoms with Crippen LogP contribution in [0.25, 0.3) is 0 Å². The van der Waals surface area contributed by atoms with Gasteiger partial charge in [-0.05, 0) is 0 Å². The van der Waals surface area contributed by atoms with Crippen LogP contribution in [-0.2, 0) is 4.74 Å². The van der Waals surface area contributed by atoms with Crippen LogP contribution in [0.4, 0.5) is 10.7 Å². The molecule has 0 bridgehead atoms. The monoisotopic (exact) mass is 294 g/mol. The van der Waals surface area contributed by atoms with Crippen molar-refractivity contribution in [1.29, 1.82) is 0 Å². The molecule has 2 aliphatic heterocycles. The Bertz CT molecular complexity index is 521.